The molecule has 122 valence electrons. The third-order valence-electron chi connectivity index (χ3n) is 3.67. The molecule has 2 aromatic rings. The third kappa shape index (κ3) is 3.45. The molecule has 1 fully saturated rings. The molecule has 0 aliphatic heterocycles. The second-order valence-corrected chi connectivity index (χ2v) is 5.64. The van der Waals surface area contributed by atoms with E-state index in [1.165, 1.54) is 4.68 Å². The SMILES string of the molecule is Cc1ccc(C(=O)NC2CC2)cc1-n1nc(OCCO)cc1N. The van der Waals surface area contributed by atoms with Gasteiger partial charge in [-0.15, -0.1) is 5.10 Å². The van der Waals surface area contributed by atoms with Crippen molar-refractivity contribution in [3.05, 3.63) is 35.4 Å². The minimum absolute atomic E-state index is 0.0868. The summed E-state index contributed by atoms with van der Waals surface area (Å²) in [5, 5.41) is 16.0. The monoisotopic (exact) mass is 316 g/mol. The number of carbonyl (C=O) groups is 1. The fraction of sp³-hybridized carbons (Fsp3) is 0.375. The molecule has 7 heteroatoms. The molecule has 0 radical (unpaired) electrons. The van der Waals surface area contributed by atoms with Gasteiger partial charge in [0.1, 0.15) is 12.4 Å². The number of aromatic nitrogens is 2. The first kappa shape index (κ1) is 15.4. The van der Waals surface area contributed by atoms with Crippen molar-refractivity contribution in [2.75, 3.05) is 18.9 Å². The van der Waals surface area contributed by atoms with Crippen LogP contribution in [0.5, 0.6) is 5.88 Å². The van der Waals surface area contributed by atoms with Crippen LogP contribution in [-0.4, -0.2) is 40.0 Å². The summed E-state index contributed by atoms with van der Waals surface area (Å²) in [6.45, 7) is 1.98. The van der Waals surface area contributed by atoms with Crippen molar-refractivity contribution >= 4 is 11.7 Å². The maximum Gasteiger partial charge on any atom is 0.251 e. The van der Waals surface area contributed by atoms with E-state index in [1.54, 1.807) is 18.2 Å². The van der Waals surface area contributed by atoms with Crippen molar-refractivity contribution in [1.29, 1.82) is 0 Å². The topological polar surface area (TPSA) is 102 Å². The molecule has 1 aliphatic carbocycles. The summed E-state index contributed by atoms with van der Waals surface area (Å²) in [6, 6.07) is 7.32. The number of ether oxygens (including phenoxy) is 1. The molecule has 7 nitrogen and oxygen atoms in total. The number of amides is 1. The zero-order chi connectivity index (χ0) is 16.4. The fourth-order valence-corrected chi connectivity index (χ4v) is 2.26. The smallest absolute Gasteiger partial charge is 0.251 e. The standard InChI is InChI=1S/C16H20N4O3/c1-10-2-3-11(16(22)18-12-4-5-12)8-13(10)20-14(17)9-15(19-20)23-7-6-21/h2-3,8-9,12,21H,4-7,17H2,1H3,(H,18,22). The molecule has 0 spiro atoms. The maximum absolute atomic E-state index is 12.2. The summed E-state index contributed by atoms with van der Waals surface area (Å²) in [7, 11) is 0. The summed E-state index contributed by atoms with van der Waals surface area (Å²) in [5.74, 6) is 0.654. The lowest BCUT2D eigenvalue weighted by Gasteiger charge is -2.10. The van der Waals surface area contributed by atoms with Gasteiger partial charge in [-0.2, -0.15) is 0 Å². The highest BCUT2D eigenvalue weighted by atomic mass is 16.5. The van der Waals surface area contributed by atoms with Crippen LogP contribution in [0.25, 0.3) is 5.69 Å². The average Bonchev–Trinajstić information content (AvgIpc) is 3.27. The van der Waals surface area contributed by atoms with E-state index in [9.17, 15) is 4.79 Å². The number of aliphatic hydroxyl groups excluding tert-OH is 1. The van der Waals surface area contributed by atoms with Crippen LogP contribution in [0.15, 0.2) is 24.3 Å². The van der Waals surface area contributed by atoms with E-state index in [-0.39, 0.29) is 19.1 Å². The first-order valence-electron chi connectivity index (χ1n) is 7.59. The van der Waals surface area contributed by atoms with Crippen LogP contribution in [0.2, 0.25) is 0 Å². The molecule has 1 amide bonds. The molecule has 1 aliphatic rings. The zero-order valence-electron chi connectivity index (χ0n) is 13.0. The summed E-state index contributed by atoms with van der Waals surface area (Å²) in [4.78, 5) is 12.2. The van der Waals surface area contributed by atoms with Gasteiger partial charge in [-0.3, -0.25) is 4.79 Å². The molecule has 1 saturated carbocycles. The second-order valence-electron chi connectivity index (χ2n) is 5.64. The first-order chi connectivity index (χ1) is 11.1. The van der Waals surface area contributed by atoms with Crippen LogP contribution in [0, 0.1) is 6.92 Å². The van der Waals surface area contributed by atoms with Crippen molar-refractivity contribution in [1.82, 2.24) is 15.1 Å². The zero-order valence-corrected chi connectivity index (χ0v) is 13.0. The molecular weight excluding hydrogens is 296 g/mol. The Hall–Kier alpha value is -2.54. The van der Waals surface area contributed by atoms with Crippen LogP contribution in [-0.2, 0) is 0 Å². The van der Waals surface area contributed by atoms with Crippen LogP contribution < -0.4 is 15.8 Å². The normalized spacial score (nSPS) is 13.8. The van der Waals surface area contributed by atoms with E-state index < -0.39 is 0 Å². The predicted octanol–water partition coefficient (Wildman–Crippen LogP) is 1.03. The van der Waals surface area contributed by atoms with E-state index in [2.05, 4.69) is 10.4 Å². The highest BCUT2D eigenvalue weighted by Gasteiger charge is 2.24. The highest BCUT2D eigenvalue weighted by Crippen LogP contribution is 2.24. The van der Waals surface area contributed by atoms with Gasteiger partial charge in [0, 0.05) is 17.7 Å². The maximum atomic E-state index is 12.2. The third-order valence-corrected chi connectivity index (χ3v) is 3.67. The van der Waals surface area contributed by atoms with Crippen molar-refractivity contribution in [3.8, 4) is 11.6 Å². The molecule has 3 rings (SSSR count). The number of aliphatic hydroxyl groups is 1. The first-order valence-corrected chi connectivity index (χ1v) is 7.59. The molecule has 1 aromatic heterocycles. The number of hydrogen-bond acceptors (Lipinski definition) is 5. The molecule has 0 saturated heterocycles. The molecule has 1 heterocycles. The highest BCUT2D eigenvalue weighted by molar-refractivity contribution is 5.95. The fourth-order valence-electron chi connectivity index (χ4n) is 2.26. The van der Waals surface area contributed by atoms with E-state index in [1.807, 2.05) is 13.0 Å². The quantitative estimate of drug-likeness (QED) is 0.738. The van der Waals surface area contributed by atoms with Crippen LogP contribution in [0.3, 0.4) is 0 Å². The van der Waals surface area contributed by atoms with Crippen molar-refractivity contribution in [2.45, 2.75) is 25.8 Å². The van der Waals surface area contributed by atoms with Crippen molar-refractivity contribution in [3.63, 3.8) is 0 Å². The predicted molar refractivity (Wildman–Crippen MR) is 85.8 cm³/mol. The van der Waals surface area contributed by atoms with Gasteiger partial charge in [0.15, 0.2) is 0 Å². The minimum Gasteiger partial charge on any atom is -0.474 e. The van der Waals surface area contributed by atoms with Crippen molar-refractivity contribution < 1.29 is 14.6 Å². The Bertz CT molecular complexity index is 722. The summed E-state index contributed by atoms with van der Waals surface area (Å²) in [5.41, 5.74) is 8.23. The number of rotatable bonds is 6. The molecule has 1 aromatic carbocycles. The largest absolute Gasteiger partial charge is 0.474 e. The van der Waals surface area contributed by atoms with E-state index in [4.69, 9.17) is 15.6 Å². The number of nitrogens with zero attached hydrogens (tertiary/aromatic N) is 2. The van der Waals surface area contributed by atoms with Crippen molar-refractivity contribution in [2.24, 2.45) is 0 Å². The Morgan fingerprint density at radius 3 is 2.96 bits per heavy atom. The molecule has 0 unspecified atom stereocenters. The summed E-state index contributed by atoms with van der Waals surface area (Å²) >= 11 is 0. The number of nitrogens with one attached hydrogen (secondary N) is 1. The average molecular weight is 316 g/mol. The Labute approximate surface area is 134 Å². The Kier molecular flexibility index (Phi) is 4.20. The van der Waals surface area contributed by atoms with Gasteiger partial charge in [-0.05, 0) is 37.5 Å². The minimum atomic E-state index is -0.0946. The van der Waals surface area contributed by atoms with Crippen LogP contribution in [0.4, 0.5) is 5.82 Å². The molecule has 4 N–H and O–H groups in total. The van der Waals surface area contributed by atoms with Gasteiger partial charge in [0.05, 0.1) is 12.3 Å². The lowest BCUT2D eigenvalue weighted by atomic mass is 10.1. The van der Waals surface area contributed by atoms with Gasteiger partial charge >= 0.3 is 0 Å². The summed E-state index contributed by atoms with van der Waals surface area (Å²) in [6.07, 6.45) is 2.09. The van der Waals surface area contributed by atoms with E-state index in [0.717, 1.165) is 24.1 Å². The summed E-state index contributed by atoms with van der Waals surface area (Å²) < 4.78 is 6.81. The molecule has 0 atom stereocenters. The number of nitrogens with two attached hydrogens (primary N) is 1. The number of nitrogen functional groups attached to an aromatic ring is 1. The Balaban J connectivity index is 1.88. The number of benzene rings is 1. The van der Waals surface area contributed by atoms with Gasteiger partial charge in [0.25, 0.3) is 5.91 Å². The van der Waals surface area contributed by atoms with Gasteiger partial charge in [-0.25, -0.2) is 4.68 Å². The van der Waals surface area contributed by atoms with Gasteiger partial charge in [-0.1, -0.05) is 6.07 Å². The molecule has 23 heavy (non-hydrogen) atoms. The number of carbonyl (C=O) groups excluding carboxylic acids is 1. The number of hydrogen-bond donors (Lipinski definition) is 3. The number of anilines is 1. The van der Waals surface area contributed by atoms with Crippen LogP contribution >= 0.6 is 0 Å². The van der Waals surface area contributed by atoms with Crippen LogP contribution in [0.1, 0.15) is 28.8 Å². The lowest BCUT2D eigenvalue weighted by molar-refractivity contribution is 0.0951. The Morgan fingerprint density at radius 2 is 2.26 bits per heavy atom. The van der Waals surface area contributed by atoms with Gasteiger partial charge in [0.2, 0.25) is 5.88 Å². The lowest BCUT2D eigenvalue weighted by Crippen LogP contribution is -2.25. The molecular formula is C16H20N4O3. The van der Waals surface area contributed by atoms with E-state index in [0.29, 0.717) is 23.3 Å². The Morgan fingerprint density at radius 1 is 1.48 bits per heavy atom. The van der Waals surface area contributed by atoms with Gasteiger partial charge < -0.3 is 20.9 Å². The van der Waals surface area contributed by atoms with E-state index >= 15 is 0 Å². The second kappa shape index (κ2) is 6.29. The number of aryl methyl sites for hydroxylation is 1. The molecule has 0 bridgehead atoms.